The Morgan fingerprint density at radius 1 is 1.25 bits per heavy atom. The first-order valence-corrected chi connectivity index (χ1v) is 11.1. The smallest absolute Gasteiger partial charge is 0.268 e. The molecule has 0 spiro atoms. The predicted octanol–water partition coefficient (Wildman–Crippen LogP) is 1.55. The molecule has 1 aliphatic rings. The second-order valence-electron chi connectivity index (χ2n) is 8.32. The molecule has 0 unspecified atom stereocenters. The molecule has 0 radical (unpaired) electrons. The fraction of sp³-hybridized carbons (Fsp3) is 0.455. The summed E-state index contributed by atoms with van der Waals surface area (Å²) in [7, 11) is 0. The van der Waals surface area contributed by atoms with Gasteiger partial charge in [-0.15, -0.1) is 11.6 Å². The maximum Gasteiger partial charge on any atom is 0.268 e. The van der Waals surface area contributed by atoms with Gasteiger partial charge in [-0.3, -0.25) is 29.6 Å². The summed E-state index contributed by atoms with van der Waals surface area (Å²) < 4.78 is 0. The topological polar surface area (TPSA) is 123 Å². The molecule has 172 valence electrons. The van der Waals surface area contributed by atoms with Crippen LogP contribution >= 0.6 is 11.6 Å². The van der Waals surface area contributed by atoms with E-state index in [0.717, 1.165) is 15.9 Å². The van der Waals surface area contributed by atoms with E-state index >= 15 is 0 Å². The van der Waals surface area contributed by atoms with Crippen molar-refractivity contribution in [2.45, 2.75) is 32.7 Å². The summed E-state index contributed by atoms with van der Waals surface area (Å²) >= 11 is 5.70. The minimum absolute atomic E-state index is 0.0213. The average molecular weight is 462 g/mol. The van der Waals surface area contributed by atoms with Crippen LogP contribution in [0.25, 0.3) is 10.9 Å². The van der Waals surface area contributed by atoms with Gasteiger partial charge in [0.05, 0.1) is 12.5 Å². The average Bonchev–Trinajstić information content (AvgIpc) is 3.37. The lowest BCUT2D eigenvalue weighted by Gasteiger charge is -2.28. The second-order valence-corrected chi connectivity index (χ2v) is 8.58. The van der Waals surface area contributed by atoms with E-state index in [9.17, 15) is 19.2 Å². The van der Waals surface area contributed by atoms with E-state index in [1.54, 1.807) is 6.07 Å². The summed E-state index contributed by atoms with van der Waals surface area (Å²) in [4.78, 5) is 53.1. The highest BCUT2D eigenvalue weighted by Gasteiger charge is 2.31. The largest absolute Gasteiger partial charge is 0.356 e. The molecule has 0 bridgehead atoms. The predicted molar refractivity (Wildman–Crippen MR) is 121 cm³/mol. The molecule has 1 fully saturated rings. The molecule has 9 nitrogen and oxygen atoms in total. The molecule has 1 aromatic heterocycles. The van der Waals surface area contributed by atoms with Crippen LogP contribution in [0, 0.1) is 11.8 Å². The van der Waals surface area contributed by atoms with E-state index in [0.29, 0.717) is 25.1 Å². The summed E-state index contributed by atoms with van der Waals surface area (Å²) in [6.07, 6.45) is 0.929. The summed E-state index contributed by atoms with van der Waals surface area (Å²) in [5, 5.41) is 7.43. The zero-order valence-electron chi connectivity index (χ0n) is 18.1. The van der Waals surface area contributed by atoms with Crippen LogP contribution in [0.2, 0.25) is 0 Å². The summed E-state index contributed by atoms with van der Waals surface area (Å²) in [6, 6.07) is 8.33. The number of carbonyl (C=O) groups is 4. The lowest BCUT2D eigenvalue weighted by molar-refractivity contribution is -0.142. The molecule has 32 heavy (non-hydrogen) atoms. The number of aromatic nitrogens is 1. The van der Waals surface area contributed by atoms with Crippen molar-refractivity contribution in [1.82, 2.24) is 26.1 Å². The Kier molecular flexibility index (Phi) is 7.74. The number of amides is 4. The van der Waals surface area contributed by atoms with Crippen LogP contribution in [0.3, 0.4) is 0 Å². The maximum absolute atomic E-state index is 13.0. The highest BCUT2D eigenvalue weighted by molar-refractivity contribution is 6.27. The van der Waals surface area contributed by atoms with E-state index < -0.39 is 29.7 Å². The molecule has 4 N–H and O–H groups in total. The Labute approximate surface area is 191 Å². The molecule has 1 aliphatic heterocycles. The van der Waals surface area contributed by atoms with Crippen LogP contribution in [-0.4, -0.2) is 58.6 Å². The number of H-pyrrole nitrogens is 1. The molecule has 1 aromatic carbocycles. The third-order valence-corrected chi connectivity index (χ3v) is 5.56. The minimum atomic E-state index is -0.878. The number of hydrogen-bond donors (Lipinski definition) is 4. The Hall–Kier alpha value is -3.07. The SMILES string of the molecule is CC(C)C[C@@H](NC(=O)c1cc2ccccc2[nH]1)C(=O)NN(C[C@H]1CCNC1=O)C(=O)CCl. The number of nitrogens with one attached hydrogen (secondary N) is 4. The van der Waals surface area contributed by atoms with Gasteiger partial charge in [-0.1, -0.05) is 32.0 Å². The number of rotatable bonds is 8. The van der Waals surface area contributed by atoms with Crippen LogP contribution in [0.1, 0.15) is 37.2 Å². The second kappa shape index (κ2) is 10.5. The molecule has 2 atom stereocenters. The third-order valence-electron chi connectivity index (χ3n) is 5.33. The summed E-state index contributed by atoms with van der Waals surface area (Å²) in [5.41, 5.74) is 3.71. The number of alkyl halides is 1. The number of carbonyl (C=O) groups excluding carboxylic acids is 4. The lowest BCUT2D eigenvalue weighted by atomic mass is 10.0. The Morgan fingerprint density at radius 3 is 2.62 bits per heavy atom. The number of hydrazine groups is 1. The van der Waals surface area contributed by atoms with E-state index in [1.165, 1.54) is 0 Å². The van der Waals surface area contributed by atoms with Crippen LogP contribution in [0.4, 0.5) is 0 Å². The number of nitrogens with zero attached hydrogens (tertiary/aromatic N) is 1. The van der Waals surface area contributed by atoms with Gasteiger partial charge in [-0.25, -0.2) is 0 Å². The quantitative estimate of drug-likeness (QED) is 0.351. The number of para-hydroxylation sites is 1. The molecular formula is C22H28ClN5O4. The van der Waals surface area contributed by atoms with E-state index in [1.807, 2.05) is 38.1 Å². The molecule has 2 heterocycles. The monoisotopic (exact) mass is 461 g/mol. The van der Waals surface area contributed by atoms with Crippen molar-refractivity contribution < 1.29 is 19.2 Å². The number of halogens is 1. The number of aromatic amines is 1. The van der Waals surface area contributed by atoms with Gasteiger partial charge in [-0.2, -0.15) is 0 Å². The lowest BCUT2D eigenvalue weighted by Crippen LogP contribution is -2.56. The third kappa shape index (κ3) is 5.79. The molecule has 3 rings (SSSR count). The van der Waals surface area contributed by atoms with Crippen molar-refractivity contribution >= 4 is 46.1 Å². The maximum atomic E-state index is 13.0. The van der Waals surface area contributed by atoms with Crippen LogP contribution < -0.4 is 16.1 Å². The first-order chi connectivity index (χ1) is 15.3. The summed E-state index contributed by atoms with van der Waals surface area (Å²) in [6.45, 7) is 4.41. The molecule has 4 amide bonds. The Bertz CT molecular complexity index is 972. The minimum Gasteiger partial charge on any atom is -0.356 e. The highest BCUT2D eigenvalue weighted by atomic mass is 35.5. The molecule has 0 saturated carbocycles. The van der Waals surface area contributed by atoms with E-state index in [2.05, 4.69) is 21.0 Å². The van der Waals surface area contributed by atoms with Crippen LogP contribution in [0.5, 0.6) is 0 Å². The van der Waals surface area contributed by atoms with Crippen molar-refractivity contribution in [3.63, 3.8) is 0 Å². The Balaban J connectivity index is 1.72. The van der Waals surface area contributed by atoms with E-state index in [4.69, 9.17) is 11.6 Å². The van der Waals surface area contributed by atoms with Crippen molar-refractivity contribution in [2.24, 2.45) is 11.8 Å². The standard InChI is InChI=1S/C22H28ClN5O4/c1-13(2)9-17(26-21(31)18-10-14-5-3-4-6-16(14)25-18)22(32)27-28(19(29)11-23)12-15-7-8-24-20(15)30/h3-6,10,13,15,17,25H,7-9,11-12H2,1-2H3,(H,24,30)(H,26,31)(H,27,32)/t15-,17-/m1/s1. The van der Waals surface area contributed by atoms with Gasteiger partial charge in [0.15, 0.2) is 0 Å². The number of fused-ring (bicyclic) bond motifs is 1. The normalized spacial score (nSPS) is 16.6. The molecule has 0 aliphatic carbocycles. The Morgan fingerprint density at radius 2 is 2.00 bits per heavy atom. The van der Waals surface area contributed by atoms with Gasteiger partial charge in [0.2, 0.25) is 5.91 Å². The van der Waals surface area contributed by atoms with Gasteiger partial charge in [-0.05, 0) is 30.9 Å². The molecule has 2 aromatic rings. The first-order valence-electron chi connectivity index (χ1n) is 10.6. The van der Waals surface area contributed by atoms with Gasteiger partial charge in [0.25, 0.3) is 17.7 Å². The van der Waals surface area contributed by atoms with Crippen molar-refractivity contribution in [1.29, 1.82) is 0 Å². The van der Waals surface area contributed by atoms with Crippen molar-refractivity contribution in [3.05, 3.63) is 36.0 Å². The van der Waals surface area contributed by atoms with Gasteiger partial charge in [0, 0.05) is 17.4 Å². The molecule has 10 heteroatoms. The van der Waals surface area contributed by atoms with Crippen LogP contribution in [-0.2, 0) is 14.4 Å². The van der Waals surface area contributed by atoms with Gasteiger partial charge >= 0.3 is 0 Å². The summed E-state index contributed by atoms with van der Waals surface area (Å²) in [5.74, 6) is -2.32. The fourth-order valence-corrected chi connectivity index (χ4v) is 3.81. The van der Waals surface area contributed by atoms with Gasteiger partial charge in [0.1, 0.15) is 17.6 Å². The zero-order chi connectivity index (χ0) is 23.3. The van der Waals surface area contributed by atoms with Gasteiger partial charge < -0.3 is 15.6 Å². The molecule has 1 saturated heterocycles. The first kappa shape index (κ1) is 23.6. The highest BCUT2D eigenvalue weighted by Crippen LogP contribution is 2.16. The van der Waals surface area contributed by atoms with Crippen molar-refractivity contribution in [3.8, 4) is 0 Å². The molecular weight excluding hydrogens is 434 g/mol. The number of hydrogen-bond acceptors (Lipinski definition) is 4. The fourth-order valence-electron chi connectivity index (χ4n) is 3.67. The number of benzene rings is 1. The van der Waals surface area contributed by atoms with Crippen LogP contribution in [0.15, 0.2) is 30.3 Å². The zero-order valence-corrected chi connectivity index (χ0v) is 18.9. The van der Waals surface area contributed by atoms with E-state index in [-0.39, 0.29) is 24.2 Å². The van der Waals surface area contributed by atoms with Crippen molar-refractivity contribution in [2.75, 3.05) is 19.0 Å².